The van der Waals surface area contributed by atoms with Gasteiger partial charge in [0.15, 0.2) is 0 Å². The lowest BCUT2D eigenvalue weighted by molar-refractivity contribution is 0.802. The van der Waals surface area contributed by atoms with Crippen molar-refractivity contribution in [2.24, 2.45) is 0 Å². The molecule has 4 aliphatic carbocycles. The Morgan fingerprint density at radius 2 is 0.381 bits per heavy atom. The molecular formula is C126H76. The highest BCUT2D eigenvalue weighted by Crippen LogP contribution is 2.67. The number of fused-ring (bicyclic) bond motifs is 32. The summed E-state index contributed by atoms with van der Waals surface area (Å²) in [6.07, 6.45) is 0. The van der Waals surface area contributed by atoms with Crippen LogP contribution in [0.5, 0.6) is 0 Å². The van der Waals surface area contributed by atoms with E-state index in [0.29, 0.717) is 0 Å². The van der Waals surface area contributed by atoms with Crippen LogP contribution in [0.4, 0.5) is 0 Å². The third-order valence-corrected chi connectivity index (χ3v) is 28.8. The van der Waals surface area contributed by atoms with E-state index in [4.69, 9.17) is 0 Å². The Balaban J connectivity index is 0.000000131. The minimum absolute atomic E-state index is 0.438. The van der Waals surface area contributed by atoms with Gasteiger partial charge in [0.05, 0.1) is 10.8 Å². The van der Waals surface area contributed by atoms with Crippen LogP contribution in [0.25, 0.3) is 219 Å². The van der Waals surface area contributed by atoms with Gasteiger partial charge in [-0.05, 0) is 312 Å². The molecule has 4 aliphatic rings. The largest absolute Gasteiger partial charge is 0.0731 e. The lowest BCUT2D eigenvalue weighted by Crippen LogP contribution is -2.26. The second-order valence-corrected chi connectivity index (χ2v) is 34.9. The fraction of sp³-hybridized carbons (Fsp3) is 0.0159. The first-order chi connectivity index (χ1) is 62.5. The van der Waals surface area contributed by atoms with E-state index in [1.54, 1.807) is 0 Å². The lowest BCUT2D eigenvalue weighted by Gasteiger charge is -2.31. The van der Waals surface area contributed by atoms with Crippen LogP contribution in [-0.4, -0.2) is 0 Å². The number of benzene rings is 24. The number of rotatable bonds is 6. The van der Waals surface area contributed by atoms with Gasteiger partial charge < -0.3 is 0 Å². The molecule has 24 aromatic rings. The van der Waals surface area contributed by atoms with E-state index in [0.717, 1.165) is 0 Å². The average Bonchev–Trinajstić information content (AvgIpc) is 1.50. The average molecular weight is 1590 g/mol. The van der Waals surface area contributed by atoms with Crippen LogP contribution in [0.1, 0.15) is 44.5 Å². The molecule has 0 heteroatoms. The topological polar surface area (TPSA) is 0 Å². The molecule has 0 aromatic heterocycles. The molecule has 0 saturated heterocycles. The normalized spacial score (nSPS) is 13.2. The standard InChI is InChI=1S/2C63H38/c1-2-14-39(15-3-1)42-26-27-44-35-46(29-28-43(44)34-42)60-51-20-6-8-22-53(51)61(54-23-9-7-21-52(54)60)47-31-32-48-45(36-47)30-33-55-56-37-40-16-4-5-17-41(40)38-59(56)63(62(48)55)57-24-12-10-18-49(57)50-19-11-13-25-58(50)63;1-2-16-39(17-3-1)44-34-35-54(47-21-7-6-20-46(44)47)61-52-26-10-8-24-50(52)60(51-25-9-11-27-53(51)61)43-31-32-45-42(36-43)30-33-55-56-37-40-18-4-5-19-41(40)38-59(56)63(62(45)55)57-28-14-12-22-48(57)49-23-13-15-29-58(49)63/h2*1-38H. The van der Waals surface area contributed by atoms with Gasteiger partial charge in [-0.15, -0.1) is 0 Å². The Bertz CT molecular complexity index is 8640. The van der Waals surface area contributed by atoms with Crippen LogP contribution in [-0.2, 0) is 10.8 Å². The summed E-state index contributed by atoms with van der Waals surface area (Å²) in [5, 5.41) is 25.3. The van der Waals surface area contributed by atoms with Gasteiger partial charge in [0, 0.05) is 0 Å². The summed E-state index contributed by atoms with van der Waals surface area (Å²) in [6, 6.07) is 173. The SMILES string of the molecule is c1ccc(-c2ccc(-c3c4ccccc4c(-c4ccc5c6c(ccc5c4)-c4cc5ccccc5cc4C64c5ccccc5-c5ccccc54)c4ccccc34)c3ccccc23)cc1.c1ccc(-c2ccc3cc(-c4c5ccccc5c(-c5ccc6c7c(ccc6c5)-c5cc6ccccc6cc5C75c6ccccc6-c6ccccc65)c5ccccc45)ccc3c2)cc1. The molecule has 0 heterocycles. The third kappa shape index (κ3) is 9.95. The van der Waals surface area contributed by atoms with Crippen molar-refractivity contribution in [3.63, 3.8) is 0 Å². The zero-order chi connectivity index (χ0) is 82.5. The minimum Gasteiger partial charge on any atom is -0.0622 e. The minimum atomic E-state index is -0.442. The second-order valence-electron chi connectivity index (χ2n) is 34.9. The first-order valence-corrected chi connectivity index (χ1v) is 44.2. The number of hydrogen-bond acceptors (Lipinski definition) is 0. The second kappa shape index (κ2) is 27.2. The van der Waals surface area contributed by atoms with E-state index in [-0.39, 0.29) is 0 Å². The molecule has 580 valence electrons. The summed E-state index contributed by atoms with van der Waals surface area (Å²) in [6.45, 7) is 0. The highest BCUT2D eigenvalue weighted by molar-refractivity contribution is 6.26. The highest BCUT2D eigenvalue weighted by Gasteiger charge is 2.54. The smallest absolute Gasteiger partial charge is 0.0622 e. The molecule has 0 atom stereocenters. The molecule has 24 aromatic carbocycles. The van der Waals surface area contributed by atoms with Crippen molar-refractivity contribution < 1.29 is 0 Å². The molecule has 2 spiro atoms. The van der Waals surface area contributed by atoms with Crippen LogP contribution in [0.3, 0.4) is 0 Å². The van der Waals surface area contributed by atoms with Crippen LogP contribution in [0, 0.1) is 0 Å². The number of hydrogen-bond donors (Lipinski definition) is 0. The van der Waals surface area contributed by atoms with E-state index in [1.807, 2.05) is 0 Å². The molecule has 28 rings (SSSR count). The summed E-state index contributed by atoms with van der Waals surface area (Å²) in [7, 11) is 0. The zero-order valence-electron chi connectivity index (χ0n) is 68.9. The van der Waals surface area contributed by atoms with Crippen LogP contribution in [0.15, 0.2) is 461 Å². The van der Waals surface area contributed by atoms with Gasteiger partial charge in [0.2, 0.25) is 0 Å². The summed E-state index contributed by atoms with van der Waals surface area (Å²) in [5.41, 5.74) is 35.8. The zero-order valence-corrected chi connectivity index (χ0v) is 68.9. The maximum atomic E-state index is 2.49. The van der Waals surface area contributed by atoms with Crippen molar-refractivity contribution in [2.75, 3.05) is 0 Å². The molecule has 0 amide bonds. The Labute approximate surface area is 730 Å². The molecule has 0 radical (unpaired) electrons. The fourth-order valence-corrected chi connectivity index (χ4v) is 23.7. The van der Waals surface area contributed by atoms with Crippen LogP contribution in [0.2, 0.25) is 0 Å². The van der Waals surface area contributed by atoms with Crippen molar-refractivity contribution in [3.8, 4) is 111 Å². The van der Waals surface area contributed by atoms with Gasteiger partial charge in [0.25, 0.3) is 0 Å². The van der Waals surface area contributed by atoms with Gasteiger partial charge in [-0.25, -0.2) is 0 Å². The summed E-state index contributed by atoms with van der Waals surface area (Å²) < 4.78 is 0. The predicted octanol–water partition coefficient (Wildman–Crippen LogP) is 33.6. The molecule has 0 nitrogen and oxygen atoms in total. The van der Waals surface area contributed by atoms with Crippen molar-refractivity contribution in [3.05, 3.63) is 506 Å². The Morgan fingerprint density at radius 3 is 0.786 bits per heavy atom. The third-order valence-electron chi connectivity index (χ3n) is 28.8. The molecule has 0 unspecified atom stereocenters. The maximum Gasteiger partial charge on any atom is 0.0731 e. The van der Waals surface area contributed by atoms with Gasteiger partial charge in [-0.2, -0.15) is 0 Å². The summed E-state index contributed by atoms with van der Waals surface area (Å²) in [5.74, 6) is 0. The van der Waals surface area contributed by atoms with Gasteiger partial charge >= 0.3 is 0 Å². The Kier molecular flexibility index (Phi) is 15.2. The Morgan fingerprint density at radius 1 is 0.111 bits per heavy atom. The molecule has 0 bridgehead atoms. The van der Waals surface area contributed by atoms with Gasteiger partial charge in [-0.3, -0.25) is 0 Å². The fourth-order valence-electron chi connectivity index (χ4n) is 23.7. The molecule has 0 aliphatic heterocycles. The maximum absolute atomic E-state index is 2.49. The molecule has 0 N–H and O–H groups in total. The quantitative estimate of drug-likeness (QED) is 0.146. The van der Waals surface area contributed by atoms with Crippen molar-refractivity contribution in [1.82, 2.24) is 0 Å². The van der Waals surface area contributed by atoms with E-state index in [9.17, 15) is 0 Å². The highest BCUT2D eigenvalue weighted by atomic mass is 14.6. The first kappa shape index (κ1) is 70.6. The monoisotopic (exact) mass is 1590 g/mol. The van der Waals surface area contributed by atoms with Crippen molar-refractivity contribution in [1.29, 1.82) is 0 Å². The summed E-state index contributed by atoms with van der Waals surface area (Å²) >= 11 is 0. The Hall–Kier alpha value is -16.1. The van der Waals surface area contributed by atoms with Gasteiger partial charge in [-0.1, -0.05) is 413 Å². The van der Waals surface area contributed by atoms with Crippen LogP contribution < -0.4 is 0 Å². The molecule has 126 heavy (non-hydrogen) atoms. The molecule has 0 fully saturated rings. The first-order valence-electron chi connectivity index (χ1n) is 44.2. The lowest BCUT2D eigenvalue weighted by atomic mass is 9.69. The van der Waals surface area contributed by atoms with Crippen molar-refractivity contribution >= 4 is 108 Å². The summed E-state index contributed by atoms with van der Waals surface area (Å²) in [4.78, 5) is 0. The van der Waals surface area contributed by atoms with Gasteiger partial charge in [0.1, 0.15) is 0 Å². The molecule has 0 saturated carbocycles. The molecular weight excluding hydrogens is 1510 g/mol. The van der Waals surface area contributed by atoms with E-state index in [1.165, 1.54) is 264 Å². The predicted molar refractivity (Wildman–Crippen MR) is 533 cm³/mol. The van der Waals surface area contributed by atoms with E-state index >= 15 is 0 Å². The van der Waals surface area contributed by atoms with E-state index < -0.39 is 10.8 Å². The van der Waals surface area contributed by atoms with Crippen molar-refractivity contribution in [2.45, 2.75) is 10.8 Å². The van der Waals surface area contributed by atoms with Crippen LogP contribution >= 0.6 is 0 Å². The van der Waals surface area contributed by atoms with E-state index in [2.05, 4.69) is 461 Å².